The number of rotatable bonds is 7. The van der Waals surface area contributed by atoms with E-state index in [0.29, 0.717) is 18.8 Å². The predicted octanol–water partition coefficient (Wildman–Crippen LogP) is 0.634. The number of nitrogens with one attached hydrogen (secondary N) is 2. The van der Waals surface area contributed by atoms with Gasteiger partial charge >= 0.3 is 5.97 Å². The zero-order valence-electron chi connectivity index (χ0n) is 11.8. The van der Waals surface area contributed by atoms with Gasteiger partial charge in [0.1, 0.15) is 6.04 Å². The van der Waals surface area contributed by atoms with Gasteiger partial charge in [-0.25, -0.2) is 0 Å². The van der Waals surface area contributed by atoms with Crippen LogP contribution in [0.25, 0.3) is 0 Å². The number of carboxylic acids is 1. The Morgan fingerprint density at radius 3 is 2.65 bits per heavy atom. The maximum absolute atomic E-state index is 11.9. The summed E-state index contributed by atoms with van der Waals surface area (Å²) in [5.74, 6) is -1.40. The van der Waals surface area contributed by atoms with Crippen LogP contribution in [-0.2, 0) is 9.59 Å². The number of carbonyl (C=O) groups is 2. The summed E-state index contributed by atoms with van der Waals surface area (Å²) in [6.07, 6.45) is -0.136. The van der Waals surface area contributed by atoms with Crippen molar-refractivity contribution in [2.45, 2.75) is 26.3 Å². The third-order valence-corrected chi connectivity index (χ3v) is 2.89. The minimum Gasteiger partial charge on any atom is -0.480 e. The molecule has 0 heterocycles. The summed E-state index contributed by atoms with van der Waals surface area (Å²) in [6.45, 7) is 4.49. The molecule has 1 amide bonds. The summed E-state index contributed by atoms with van der Waals surface area (Å²) in [5.41, 5.74) is 7.98. The van der Waals surface area contributed by atoms with Crippen LogP contribution in [0.5, 0.6) is 0 Å². The Bertz CT molecular complexity index is 489. The van der Waals surface area contributed by atoms with Crippen LogP contribution in [0, 0.1) is 13.8 Å². The number of benzene rings is 1. The number of hydrogen-bond acceptors (Lipinski definition) is 4. The predicted molar refractivity (Wildman–Crippen MR) is 77.6 cm³/mol. The molecule has 0 unspecified atom stereocenters. The second kappa shape index (κ2) is 7.62. The summed E-state index contributed by atoms with van der Waals surface area (Å²) in [5, 5.41) is 14.5. The van der Waals surface area contributed by atoms with Crippen LogP contribution in [0.4, 0.5) is 5.69 Å². The van der Waals surface area contributed by atoms with Crippen molar-refractivity contribution in [2.75, 3.05) is 18.4 Å². The smallest absolute Gasteiger partial charge is 0.321 e. The molecule has 0 aromatic heterocycles. The molecule has 6 nitrogen and oxygen atoms in total. The van der Waals surface area contributed by atoms with Gasteiger partial charge in [0.25, 0.3) is 0 Å². The minimum absolute atomic E-state index is 0.136. The average molecular weight is 279 g/mol. The Kier molecular flexibility index (Phi) is 6.14. The number of aryl methyl sites for hydroxylation is 2. The fourth-order valence-electron chi connectivity index (χ4n) is 1.76. The zero-order chi connectivity index (χ0) is 15.1. The van der Waals surface area contributed by atoms with Crippen molar-refractivity contribution in [1.29, 1.82) is 0 Å². The molecule has 5 N–H and O–H groups in total. The van der Waals surface area contributed by atoms with Crippen molar-refractivity contribution in [1.82, 2.24) is 5.32 Å². The molecule has 1 aromatic rings. The standard InChI is InChI=1S/C14H21N3O3/c1-9-3-4-10(2)11(7-9)17-13(18)8-12(14(19)20)16-6-5-15/h3-4,7,12,16H,5-6,8,15H2,1-2H3,(H,17,18)(H,19,20)/t12-/m0/s1. The normalized spacial score (nSPS) is 11.9. The van der Waals surface area contributed by atoms with Crippen molar-refractivity contribution >= 4 is 17.6 Å². The van der Waals surface area contributed by atoms with Gasteiger partial charge in [-0.1, -0.05) is 12.1 Å². The summed E-state index contributed by atoms with van der Waals surface area (Å²) in [4.78, 5) is 22.9. The number of carboxylic acid groups (broad SMARTS) is 1. The first-order chi connectivity index (χ1) is 9.43. The number of carbonyl (C=O) groups excluding carboxylic acids is 1. The molecule has 0 aliphatic heterocycles. The van der Waals surface area contributed by atoms with E-state index in [1.165, 1.54) is 0 Å². The van der Waals surface area contributed by atoms with Gasteiger partial charge in [0, 0.05) is 18.8 Å². The zero-order valence-corrected chi connectivity index (χ0v) is 11.8. The Labute approximate surface area is 118 Å². The van der Waals surface area contributed by atoms with Crippen LogP contribution in [0.1, 0.15) is 17.5 Å². The van der Waals surface area contributed by atoms with Gasteiger partial charge in [-0.05, 0) is 31.0 Å². The Morgan fingerprint density at radius 2 is 2.05 bits per heavy atom. The van der Waals surface area contributed by atoms with Gasteiger partial charge in [-0.15, -0.1) is 0 Å². The number of anilines is 1. The van der Waals surface area contributed by atoms with Crippen LogP contribution in [-0.4, -0.2) is 36.1 Å². The van der Waals surface area contributed by atoms with E-state index in [4.69, 9.17) is 10.8 Å². The molecule has 1 aromatic carbocycles. The van der Waals surface area contributed by atoms with Gasteiger partial charge < -0.3 is 21.5 Å². The Balaban J connectivity index is 2.65. The molecular weight excluding hydrogens is 258 g/mol. The lowest BCUT2D eigenvalue weighted by Crippen LogP contribution is -2.41. The largest absolute Gasteiger partial charge is 0.480 e. The molecule has 6 heteroatoms. The van der Waals surface area contributed by atoms with E-state index in [-0.39, 0.29) is 12.3 Å². The first-order valence-electron chi connectivity index (χ1n) is 6.47. The van der Waals surface area contributed by atoms with Gasteiger partial charge in [0.15, 0.2) is 0 Å². The molecule has 20 heavy (non-hydrogen) atoms. The summed E-state index contributed by atoms with van der Waals surface area (Å²) < 4.78 is 0. The van der Waals surface area contributed by atoms with Gasteiger partial charge in [-0.3, -0.25) is 9.59 Å². The second-order valence-corrected chi connectivity index (χ2v) is 4.70. The fraction of sp³-hybridized carbons (Fsp3) is 0.429. The molecular formula is C14H21N3O3. The number of nitrogens with two attached hydrogens (primary N) is 1. The third-order valence-electron chi connectivity index (χ3n) is 2.89. The SMILES string of the molecule is Cc1ccc(C)c(NC(=O)C[C@H](NCCN)C(=O)O)c1. The fourth-order valence-corrected chi connectivity index (χ4v) is 1.76. The average Bonchev–Trinajstić information content (AvgIpc) is 2.38. The monoisotopic (exact) mass is 279 g/mol. The lowest BCUT2D eigenvalue weighted by molar-refractivity contribution is -0.141. The lowest BCUT2D eigenvalue weighted by atomic mass is 10.1. The van der Waals surface area contributed by atoms with Gasteiger partial charge in [0.05, 0.1) is 6.42 Å². The van der Waals surface area contributed by atoms with Gasteiger partial charge in [0.2, 0.25) is 5.91 Å². The highest BCUT2D eigenvalue weighted by Crippen LogP contribution is 2.16. The topological polar surface area (TPSA) is 104 Å². The van der Waals surface area contributed by atoms with Gasteiger partial charge in [-0.2, -0.15) is 0 Å². The molecule has 0 saturated heterocycles. The quantitative estimate of drug-likeness (QED) is 0.586. The van der Waals surface area contributed by atoms with E-state index in [0.717, 1.165) is 11.1 Å². The maximum atomic E-state index is 11.9. The van der Waals surface area contributed by atoms with Crippen molar-refractivity contribution in [3.05, 3.63) is 29.3 Å². The number of amides is 1. The minimum atomic E-state index is -1.06. The highest BCUT2D eigenvalue weighted by molar-refractivity contribution is 5.94. The Morgan fingerprint density at radius 1 is 1.35 bits per heavy atom. The first kappa shape index (κ1) is 16.1. The van der Waals surface area contributed by atoms with E-state index in [2.05, 4.69) is 10.6 Å². The molecule has 0 radical (unpaired) electrons. The molecule has 0 aliphatic carbocycles. The molecule has 0 fully saturated rings. The lowest BCUT2D eigenvalue weighted by Gasteiger charge is -2.14. The number of aliphatic carboxylic acids is 1. The summed E-state index contributed by atoms with van der Waals surface area (Å²) in [7, 11) is 0. The molecule has 0 spiro atoms. The van der Waals surface area contributed by atoms with Crippen LogP contribution >= 0.6 is 0 Å². The van der Waals surface area contributed by atoms with E-state index in [1.807, 2.05) is 32.0 Å². The van der Waals surface area contributed by atoms with Crippen LogP contribution in [0.3, 0.4) is 0 Å². The molecule has 0 bridgehead atoms. The van der Waals surface area contributed by atoms with E-state index < -0.39 is 12.0 Å². The van der Waals surface area contributed by atoms with E-state index >= 15 is 0 Å². The molecule has 0 aliphatic rings. The second-order valence-electron chi connectivity index (χ2n) is 4.70. The van der Waals surface area contributed by atoms with E-state index in [1.54, 1.807) is 0 Å². The van der Waals surface area contributed by atoms with Crippen molar-refractivity contribution in [3.63, 3.8) is 0 Å². The third kappa shape index (κ3) is 4.99. The number of hydrogen-bond donors (Lipinski definition) is 4. The Hall–Kier alpha value is -1.92. The first-order valence-corrected chi connectivity index (χ1v) is 6.47. The summed E-state index contributed by atoms with van der Waals surface area (Å²) in [6, 6.07) is 4.79. The highest BCUT2D eigenvalue weighted by Gasteiger charge is 2.20. The maximum Gasteiger partial charge on any atom is 0.321 e. The molecule has 110 valence electrons. The van der Waals surface area contributed by atoms with E-state index in [9.17, 15) is 9.59 Å². The van der Waals surface area contributed by atoms with Crippen LogP contribution < -0.4 is 16.4 Å². The highest BCUT2D eigenvalue weighted by atomic mass is 16.4. The summed E-state index contributed by atoms with van der Waals surface area (Å²) >= 11 is 0. The van der Waals surface area contributed by atoms with Crippen molar-refractivity contribution in [3.8, 4) is 0 Å². The molecule has 1 atom stereocenters. The molecule has 1 rings (SSSR count). The molecule has 0 saturated carbocycles. The van der Waals surface area contributed by atoms with Crippen LogP contribution in [0.2, 0.25) is 0 Å². The van der Waals surface area contributed by atoms with Crippen LogP contribution in [0.15, 0.2) is 18.2 Å². The van der Waals surface area contributed by atoms with Crippen molar-refractivity contribution in [2.24, 2.45) is 5.73 Å². The van der Waals surface area contributed by atoms with Crippen molar-refractivity contribution < 1.29 is 14.7 Å².